The van der Waals surface area contributed by atoms with Crippen LogP contribution in [0.1, 0.15) is 5.56 Å². The first kappa shape index (κ1) is 18.1. The van der Waals surface area contributed by atoms with Crippen LogP contribution in [-0.2, 0) is 0 Å². The van der Waals surface area contributed by atoms with Crippen LogP contribution in [0.25, 0.3) is 6.08 Å². The molecule has 0 aliphatic heterocycles. The lowest BCUT2D eigenvalue weighted by molar-refractivity contribution is 0.255. The zero-order chi connectivity index (χ0) is 18.2. The molecule has 0 saturated carbocycles. The summed E-state index contributed by atoms with van der Waals surface area (Å²) in [6, 6.07) is 24.9. The minimum Gasteiger partial charge on any atom is -0.314 e. The number of amides is 2. The van der Waals surface area contributed by atoms with Gasteiger partial charge in [0.2, 0.25) is 0 Å². The fourth-order valence-electron chi connectivity index (χ4n) is 2.25. The lowest BCUT2D eigenvalue weighted by Crippen LogP contribution is -2.24. The molecule has 0 heterocycles. The number of hydrogen-bond donors (Lipinski definition) is 2. The number of carbonyl (C=O) groups excluding carboxylic acids is 1. The van der Waals surface area contributed by atoms with Gasteiger partial charge in [-0.15, -0.1) is 0 Å². The molecule has 3 nitrogen and oxygen atoms in total. The van der Waals surface area contributed by atoms with Gasteiger partial charge in [-0.05, 0) is 42.0 Å². The van der Waals surface area contributed by atoms with Crippen molar-refractivity contribution in [2.24, 2.45) is 0 Å². The molecule has 26 heavy (non-hydrogen) atoms. The van der Waals surface area contributed by atoms with Crippen molar-refractivity contribution < 1.29 is 4.79 Å². The Kier molecular flexibility index (Phi) is 6.36. The van der Waals surface area contributed by atoms with E-state index in [9.17, 15) is 4.79 Å². The van der Waals surface area contributed by atoms with Crippen LogP contribution in [0.2, 0.25) is 5.02 Å². The predicted octanol–water partition coefficient (Wildman–Crippen LogP) is 6.28. The van der Waals surface area contributed by atoms with Gasteiger partial charge in [0.1, 0.15) is 0 Å². The van der Waals surface area contributed by atoms with Gasteiger partial charge in [0.05, 0.1) is 5.69 Å². The average molecular weight is 381 g/mol. The highest BCUT2D eigenvalue weighted by atomic mass is 35.5. The Morgan fingerprint density at radius 1 is 0.885 bits per heavy atom. The molecule has 5 heteroatoms. The summed E-state index contributed by atoms with van der Waals surface area (Å²) in [4.78, 5) is 14.3. The van der Waals surface area contributed by atoms with Gasteiger partial charge >= 0.3 is 6.03 Å². The van der Waals surface area contributed by atoms with Crippen molar-refractivity contribution in [2.75, 3.05) is 5.32 Å². The molecule has 0 aliphatic carbocycles. The Morgan fingerprint density at radius 2 is 1.58 bits per heavy atom. The third kappa shape index (κ3) is 5.15. The van der Waals surface area contributed by atoms with E-state index in [1.807, 2.05) is 72.8 Å². The van der Waals surface area contributed by atoms with E-state index < -0.39 is 0 Å². The molecule has 2 N–H and O–H groups in total. The number of urea groups is 1. The number of rotatable bonds is 5. The molecular formula is C21H17ClN2OS. The molecule has 0 fully saturated rings. The van der Waals surface area contributed by atoms with Crippen LogP contribution in [0.15, 0.2) is 94.9 Å². The molecule has 3 aromatic carbocycles. The zero-order valence-corrected chi connectivity index (χ0v) is 15.4. The molecule has 0 unspecified atom stereocenters. The van der Waals surface area contributed by atoms with Crippen molar-refractivity contribution in [2.45, 2.75) is 9.79 Å². The van der Waals surface area contributed by atoms with E-state index in [2.05, 4.69) is 10.6 Å². The van der Waals surface area contributed by atoms with E-state index in [1.54, 1.807) is 30.1 Å². The van der Waals surface area contributed by atoms with E-state index in [1.165, 1.54) is 0 Å². The maximum absolute atomic E-state index is 12.2. The van der Waals surface area contributed by atoms with Crippen LogP contribution in [0.5, 0.6) is 0 Å². The average Bonchev–Trinajstić information content (AvgIpc) is 2.66. The second-order valence-corrected chi connectivity index (χ2v) is 6.89. The summed E-state index contributed by atoms with van der Waals surface area (Å²) in [5, 5.41) is 6.21. The Hall–Kier alpha value is -2.69. The molecule has 0 bridgehead atoms. The predicted molar refractivity (Wildman–Crippen MR) is 110 cm³/mol. The fourth-order valence-corrected chi connectivity index (χ4v) is 3.37. The maximum Gasteiger partial charge on any atom is 0.323 e. The van der Waals surface area contributed by atoms with E-state index in [-0.39, 0.29) is 6.03 Å². The number of benzene rings is 3. The van der Waals surface area contributed by atoms with Crippen LogP contribution in [0.4, 0.5) is 10.5 Å². The van der Waals surface area contributed by atoms with Crippen molar-refractivity contribution in [3.8, 4) is 0 Å². The molecule has 0 spiro atoms. The third-order valence-electron chi connectivity index (χ3n) is 3.49. The molecule has 0 aliphatic rings. The summed E-state index contributed by atoms with van der Waals surface area (Å²) in [5.74, 6) is 0. The van der Waals surface area contributed by atoms with Crippen LogP contribution in [-0.4, -0.2) is 6.03 Å². The normalized spacial score (nSPS) is 10.7. The van der Waals surface area contributed by atoms with Crippen LogP contribution in [0, 0.1) is 0 Å². The van der Waals surface area contributed by atoms with Crippen molar-refractivity contribution in [3.63, 3.8) is 0 Å². The van der Waals surface area contributed by atoms with Crippen LogP contribution >= 0.6 is 23.4 Å². The SMILES string of the molecule is O=C(N/C=C/c1ccccc1Cl)Nc1ccccc1Sc1ccccc1. The number of carbonyl (C=O) groups is 1. The molecule has 2 amide bonds. The van der Waals surface area contributed by atoms with Gasteiger partial charge in [-0.1, -0.05) is 71.9 Å². The van der Waals surface area contributed by atoms with Gasteiger partial charge < -0.3 is 10.6 Å². The van der Waals surface area contributed by atoms with Gasteiger partial charge in [-0.2, -0.15) is 0 Å². The Bertz CT molecular complexity index is 913. The minimum atomic E-state index is -0.311. The van der Waals surface area contributed by atoms with Gasteiger partial charge in [0.25, 0.3) is 0 Å². The number of para-hydroxylation sites is 1. The molecule has 0 saturated heterocycles. The maximum atomic E-state index is 12.2. The minimum absolute atomic E-state index is 0.311. The first-order valence-corrected chi connectivity index (χ1v) is 9.22. The number of anilines is 1. The second kappa shape index (κ2) is 9.13. The molecule has 0 atom stereocenters. The van der Waals surface area contributed by atoms with Crippen molar-refractivity contribution in [1.29, 1.82) is 0 Å². The standard InChI is InChI=1S/C21H17ClN2OS/c22-18-11-5-4-8-16(18)14-15-23-21(25)24-19-12-6-7-13-20(19)26-17-9-2-1-3-10-17/h1-15H,(H2,23,24,25)/b15-14+. The first-order chi connectivity index (χ1) is 12.7. The van der Waals surface area contributed by atoms with Crippen LogP contribution < -0.4 is 10.6 Å². The largest absolute Gasteiger partial charge is 0.323 e. The number of halogens is 1. The topological polar surface area (TPSA) is 41.1 Å². The number of nitrogens with one attached hydrogen (secondary N) is 2. The zero-order valence-electron chi connectivity index (χ0n) is 13.9. The summed E-state index contributed by atoms with van der Waals surface area (Å²) in [5.41, 5.74) is 1.60. The highest BCUT2D eigenvalue weighted by Gasteiger charge is 2.06. The number of hydrogen-bond acceptors (Lipinski definition) is 2. The molecule has 0 radical (unpaired) electrons. The van der Waals surface area contributed by atoms with Gasteiger partial charge in [0.15, 0.2) is 0 Å². The van der Waals surface area contributed by atoms with Crippen LogP contribution in [0.3, 0.4) is 0 Å². The van der Waals surface area contributed by atoms with E-state index in [0.29, 0.717) is 5.02 Å². The monoisotopic (exact) mass is 380 g/mol. The summed E-state index contributed by atoms with van der Waals surface area (Å²) in [6.07, 6.45) is 3.33. The first-order valence-electron chi connectivity index (χ1n) is 8.03. The van der Waals surface area contributed by atoms with E-state index in [4.69, 9.17) is 11.6 Å². The van der Waals surface area contributed by atoms with E-state index in [0.717, 1.165) is 21.0 Å². The Morgan fingerprint density at radius 3 is 2.38 bits per heavy atom. The lowest BCUT2D eigenvalue weighted by Gasteiger charge is -2.10. The van der Waals surface area contributed by atoms with E-state index >= 15 is 0 Å². The Balaban J connectivity index is 1.63. The highest BCUT2D eigenvalue weighted by Crippen LogP contribution is 2.33. The Labute approximate surface area is 162 Å². The van der Waals surface area contributed by atoms with Crippen molar-refractivity contribution >= 4 is 41.2 Å². The van der Waals surface area contributed by atoms with Gasteiger partial charge in [-0.3, -0.25) is 0 Å². The fraction of sp³-hybridized carbons (Fsp3) is 0. The third-order valence-corrected chi connectivity index (χ3v) is 4.92. The highest BCUT2D eigenvalue weighted by molar-refractivity contribution is 7.99. The molecule has 0 aromatic heterocycles. The lowest BCUT2D eigenvalue weighted by atomic mass is 10.2. The summed E-state index contributed by atoms with van der Waals surface area (Å²) < 4.78 is 0. The summed E-state index contributed by atoms with van der Waals surface area (Å²) in [7, 11) is 0. The summed E-state index contributed by atoms with van der Waals surface area (Å²) >= 11 is 7.69. The molecular weight excluding hydrogens is 364 g/mol. The molecule has 3 aromatic rings. The second-order valence-electron chi connectivity index (χ2n) is 5.36. The van der Waals surface area contributed by atoms with Gasteiger partial charge in [0, 0.05) is 21.0 Å². The molecule has 130 valence electrons. The van der Waals surface area contributed by atoms with Crippen molar-refractivity contribution in [1.82, 2.24) is 5.32 Å². The quantitative estimate of drug-likeness (QED) is 0.546. The summed E-state index contributed by atoms with van der Waals surface area (Å²) in [6.45, 7) is 0. The molecule has 3 rings (SSSR count). The van der Waals surface area contributed by atoms with Crippen molar-refractivity contribution in [3.05, 3.63) is 95.6 Å². The smallest absolute Gasteiger partial charge is 0.314 e. The van der Waals surface area contributed by atoms with Gasteiger partial charge in [-0.25, -0.2) is 4.79 Å².